The van der Waals surface area contributed by atoms with E-state index in [1.165, 1.54) is 7.11 Å². The predicted octanol–water partition coefficient (Wildman–Crippen LogP) is 4.75. The molecule has 1 aliphatic heterocycles. The summed E-state index contributed by atoms with van der Waals surface area (Å²) in [5.41, 5.74) is 5.30. The number of rotatable bonds is 5. The zero-order valence-electron chi connectivity index (χ0n) is 20.0. The molecule has 1 aromatic heterocycles. The molecular weight excluding hydrogens is 448 g/mol. The van der Waals surface area contributed by atoms with Crippen molar-refractivity contribution in [2.24, 2.45) is 0 Å². The first-order chi connectivity index (χ1) is 16.9. The van der Waals surface area contributed by atoms with Gasteiger partial charge >= 0.3 is 5.97 Å². The summed E-state index contributed by atoms with van der Waals surface area (Å²) in [6.07, 6.45) is 0.932. The number of aryl methyl sites for hydroxylation is 1. The van der Waals surface area contributed by atoms with Crippen molar-refractivity contribution < 1.29 is 28.3 Å². The Kier molecular flexibility index (Phi) is 5.80. The zero-order valence-corrected chi connectivity index (χ0v) is 20.0. The van der Waals surface area contributed by atoms with Crippen molar-refractivity contribution in [3.63, 3.8) is 0 Å². The summed E-state index contributed by atoms with van der Waals surface area (Å²) >= 11 is 0. The minimum atomic E-state index is -0.410. The summed E-state index contributed by atoms with van der Waals surface area (Å²) in [6.45, 7) is 1.86. The molecule has 2 aromatic carbocycles. The summed E-state index contributed by atoms with van der Waals surface area (Å²) in [4.78, 5) is 25.6. The molecule has 180 valence electrons. The van der Waals surface area contributed by atoms with Crippen molar-refractivity contribution in [1.29, 1.82) is 0 Å². The highest BCUT2D eigenvalue weighted by molar-refractivity contribution is 6.01. The minimum Gasteiger partial charge on any atom is -0.497 e. The Labute approximate surface area is 202 Å². The van der Waals surface area contributed by atoms with E-state index in [9.17, 15) is 9.59 Å². The number of methoxy groups -OCH3 is 3. The topological polar surface area (TPSA) is 99.9 Å². The molecule has 0 amide bonds. The van der Waals surface area contributed by atoms with E-state index in [0.29, 0.717) is 41.3 Å². The SMILES string of the molecule is COC(=O)c1ccc([C@H]2C3=C(C[C@H](c4cc(OC)ccc4OC)CC3=O)Nc3onc(C)c32)cc1. The van der Waals surface area contributed by atoms with Crippen LogP contribution in [0.3, 0.4) is 0 Å². The van der Waals surface area contributed by atoms with Gasteiger partial charge in [-0.25, -0.2) is 4.79 Å². The van der Waals surface area contributed by atoms with Crippen LogP contribution in [0.2, 0.25) is 0 Å². The quantitative estimate of drug-likeness (QED) is 0.529. The highest BCUT2D eigenvalue weighted by Crippen LogP contribution is 2.50. The first-order valence-corrected chi connectivity index (χ1v) is 11.3. The molecule has 0 unspecified atom stereocenters. The average molecular weight is 475 g/mol. The Hall–Kier alpha value is -4.07. The van der Waals surface area contributed by atoms with Crippen LogP contribution in [0, 0.1) is 6.92 Å². The lowest BCUT2D eigenvalue weighted by atomic mass is 9.72. The zero-order chi connectivity index (χ0) is 24.7. The molecule has 0 radical (unpaired) electrons. The molecule has 8 heteroatoms. The van der Waals surface area contributed by atoms with E-state index in [2.05, 4.69) is 10.5 Å². The molecule has 0 spiro atoms. The van der Waals surface area contributed by atoms with Gasteiger partial charge in [-0.15, -0.1) is 0 Å². The third-order valence-electron chi connectivity index (χ3n) is 6.80. The second-order valence-corrected chi connectivity index (χ2v) is 8.71. The fraction of sp³-hybridized carbons (Fsp3) is 0.296. The number of allylic oxidation sites excluding steroid dienone is 2. The number of hydrogen-bond donors (Lipinski definition) is 1. The molecule has 1 aliphatic carbocycles. The van der Waals surface area contributed by atoms with Crippen LogP contribution in [0.15, 0.2) is 58.3 Å². The minimum absolute atomic E-state index is 0.0434. The number of esters is 1. The number of carbonyl (C=O) groups is 2. The maximum Gasteiger partial charge on any atom is 0.337 e. The van der Waals surface area contributed by atoms with Crippen LogP contribution in [0.5, 0.6) is 11.5 Å². The van der Waals surface area contributed by atoms with Gasteiger partial charge in [0.2, 0.25) is 5.88 Å². The molecule has 2 aliphatic rings. The van der Waals surface area contributed by atoms with Crippen molar-refractivity contribution in [3.05, 3.63) is 81.7 Å². The number of Topliss-reactive ketones (excluding diaryl/α,β-unsaturated/α-hetero) is 1. The normalized spacial score (nSPS) is 18.9. The molecule has 0 bridgehead atoms. The second kappa shape index (κ2) is 8.94. The van der Waals surface area contributed by atoms with E-state index in [-0.39, 0.29) is 17.6 Å². The molecule has 3 aromatic rings. The maximum absolute atomic E-state index is 13.7. The number of nitrogens with zero attached hydrogens (tertiary/aromatic N) is 1. The number of aromatic nitrogens is 1. The van der Waals surface area contributed by atoms with Crippen LogP contribution in [0.1, 0.15) is 57.4 Å². The number of nitrogens with one attached hydrogen (secondary N) is 1. The van der Waals surface area contributed by atoms with E-state index in [1.54, 1.807) is 26.4 Å². The van der Waals surface area contributed by atoms with Crippen molar-refractivity contribution in [1.82, 2.24) is 5.16 Å². The van der Waals surface area contributed by atoms with E-state index in [1.807, 2.05) is 37.3 Å². The maximum atomic E-state index is 13.7. The van der Waals surface area contributed by atoms with Crippen LogP contribution in [-0.4, -0.2) is 38.2 Å². The number of anilines is 1. The van der Waals surface area contributed by atoms with Crippen molar-refractivity contribution in [2.45, 2.75) is 31.6 Å². The lowest BCUT2D eigenvalue weighted by Gasteiger charge is -2.35. The first kappa shape index (κ1) is 22.7. The molecule has 8 nitrogen and oxygen atoms in total. The fourth-order valence-electron chi connectivity index (χ4n) is 5.11. The molecular formula is C27H26N2O6. The van der Waals surface area contributed by atoms with Gasteiger partial charge in [-0.1, -0.05) is 17.3 Å². The van der Waals surface area contributed by atoms with E-state index >= 15 is 0 Å². The van der Waals surface area contributed by atoms with Crippen LogP contribution >= 0.6 is 0 Å². The standard InChI is InChI=1S/C27H26N2O6/c1-14-23-24(15-5-7-16(8-6-15)27(31)34-4)25-20(28-26(23)35-29-14)11-17(12-21(25)30)19-13-18(32-2)9-10-22(19)33-3/h5-10,13,17,24,28H,11-12H2,1-4H3/t17-,24+/m0/s1. The number of ketones is 1. The molecule has 1 N–H and O–H groups in total. The Morgan fingerprint density at radius 2 is 1.83 bits per heavy atom. The Bertz CT molecular complexity index is 1340. The predicted molar refractivity (Wildman–Crippen MR) is 128 cm³/mol. The van der Waals surface area contributed by atoms with Gasteiger partial charge in [0.25, 0.3) is 0 Å². The molecule has 0 saturated heterocycles. The molecule has 5 rings (SSSR count). The van der Waals surface area contributed by atoms with Crippen LogP contribution in [0.25, 0.3) is 0 Å². The van der Waals surface area contributed by atoms with Crippen molar-refractivity contribution in [2.75, 3.05) is 26.6 Å². The number of ether oxygens (including phenoxy) is 3. The smallest absolute Gasteiger partial charge is 0.337 e. The second-order valence-electron chi connectivity index (χ2n) is 8.71. The van der Waals surface area contributed by atoms with Gasteiger partial charge in [-0.05, 0) is 49.2 Å². The molecule has 35 heavy (non-hydrogen) atoms. The summed E-state index contributed by atoms with van der Waals surface area (Å²) < 4.78 is 21.4. The summed E-state index contributed by atoms with van der Waals surface area (Å²) in [6, 6.07) is 12.8. The number of carbonyl (C=O) groups excluding carboxylic acids is 2. The summed E-state index contributed by atoms with van der Waals surface area (Å²) in [5.74, 6) is 1.16. The number of fused-ring (bicyclic) bond motifs is 1. The van der Waals surface area contributed by atoms with Crippen LogP contribution in [0.4, 0.5) is 5.88 Å². The van der Waals surface area contributed by atoms with E-state index < -0.39 is 5.97 Å². The largest absolute Gasteiger partial charge is 0.497 e. The fourth-order valence-corrected chi connectivity index (χ4v) is 5.11. The van der Waals surface area contributed by atoms with Gasteiger partial charge in [0.1, 0.15) is 11.5 Å². The Morgan fingerprint density at radius 1 is 1.06 bits per heavy atom. The summed E-state index contributed by atoms with van der Waals surface area (Å²) in [7, 11) is 4.59. The third-order valence-corrected chi connectivity index (χ3v) is 6.80. The average Bonchev–Trinajstić information content (AvgIpc) is 3.26. The monoisotopic (exact) mass is 474 g/mol. The van der Waals surface area contributed by atoms with E-state index in [4.69, 9.17) is 18.7 Å². The van der Waals surface area contributed by atoms with Crippen LogP contribution in [-0.2, 0) is 9.53 Å². The van der Waals surface area contributed by atoms with Gasteiger partial charge in [0, 0.05) is 35.1 Å². The van der Waals surface area contributed by atoms with Crippen molar-refractivity contribution >= 4 is 17.6 Å². The van der Waals surface area contributed by atoms with Crippen LogP contribution < -0.4 is 14.8 Å². The molecule has 2 atom stereocenters. The van der Waals surface area contributed by atoms with Gasteiger partial charge in [0.15, 0.2) is 5.78 Å². The highest BCUT2D eigenvalue weighted by atomic mass is 16.5. The lowest BCUT2D eigenvalue weighted by molar-refractivity contribution is -0.116. The number of benzene rings is 2. The van der Waals surface area contributed by atoms with Crippen molar-refractivity contribution in [3.8, 4) is 11.5 Å². The molecule has 2 heterocycles. The molecule has 0 fully saturated rings. The van der Waals surface area contributed by atoms with Gasteiger partial charge in [0.05, 0.1) is 38.2 Å². The Balaban J connectivity index is 1.58. The van der Waals surface area contributed by atoms with Gasteiger partial charge in [-0.2, -0.15) is 0 Å². The van der Waals surface area contributed by atoms with E-state index in [0.717, 1.165) is 28.1 Å². The Morgan fingerprint density at radius 3 is 2.51 bits per heavy atom. The first-order valence-electron chi connectivity index (χ1n) is 11.3. The van der Waals surface area contributed by atoms with Gasteiger partial charge < -0.3 is 24.1 Å². The number of hydrogen-bond acceptors (Lipinski definition) is 8. The third kappa shape index (κ3) is 3.84. The molecule has 0 saturated carbocycles. The lowest BCUT2D eigenvalue weighted by Crippen LogP contribution is -2.29. The highest BCUT2D eigenvalue weighted by Gasteiger charge is 2.41. The van der Waals surface area contributed by atoms with Gasteiger partial charge in [-0.3, -0.25) is 4.79 Å². The summed E-state index contributed by atoms with van der Waals surface area (Å²) in [5, 5.41) is 7.50.